The number of carboxylic acid groups (broad SMARTS) is 1. The van der Waals surface area contributed by atoms with E-state index in [2.05, 4.69) is 27.6 Å². The molecule has 2 rings (SSSR count). The largest absolute Gasteiger partial charge is 0.477 e. The molecule has 1 aromatic carbocycles. The first-order valence-corrected chi connectivity index (χ1v) is 5.46. The highest BCUT2D eigenvalue weighted by Crippen LogP contribution is 2.20. The fraction of sp³-hybridized carbons (Fsp3) is 0.0909. The van der Waals surface area contributed by atoms with Gasteiger partial charge in [0, 0.05) is 8.96 Å². The number of benzene rings is 1. The maximum absolute atomic E-state index is 10.8. The molecular formula is C11H8INO2. The first-order valence-electron chi connectivity index (χ1n) is 4.38. The Hall–Kier alpha value is -1.17. The van der Waals surface area contributed by atoms with Crippen LogP contribution in [-0.4, -0.2) is 16.1 Å². The lowest BCUT2D eigenvalue weighted by Crippen LogP contribution is -2.01. The van der Waals surface area contributed by atoms with Gasteiger partial charge in [-0.1, -0.05) is 0 Å². The maximum Gasteiger partial charge on any atom is 0.354 e. The number of carbonyl (C=O) groups is 1. The molecule has 0 saturated carbocycles. The molecule has 0 spiro atoms. The number of hydrogen-bond donors (Lipinski definition) is 1. The molecule has 1 N–H and O–H groups in total. The third kappa shape index (κ3) is 1.94. The van der Waals surface area contributed by atoms with Crippen molar-refractivity contribution in [1.82, 2.24) is 4.98 Å². The van der Waals surface area contributed by atoms with Gasteiger partial charge in [-0.3, -0.25) is 0 Å². The SMILES string of the molecule is Cc1cc(C(=O)O)nc2ccc(I)cc12. The number of aromatic nitrogens is 1. The van der Waals surface area contributed by atoms with E-state index < -0.39 is 5.97 Å². The summed E-state index contributed by atoms with van der Waals surface area (Å²) in [5.41, 5.74) is 1.77. The van der Waals surface area contributed by atoms with Crippen molar-refractivity contribution in [2.24, 2.45) is 0 Å². The molecular weight excluding hydrogens is 305 g/mol. The van der Waals surface area contributed by atoms with Crippen molar-refractivity contribution < 1.29 is 9.90 Å². The van der Waals surface area contributed by atoms with Crippen LogP contribution in [-0.2, 0) is 0 Å². The molecule has 1 aromatic heterocycles. The molecule has 1 heterocycles. The van der Waals surface area contributed by atoms with Gasteiger partial charge in [-0.25, -0.2) is 9.78 Å². The minimum atomic E-state index is -0.987. The lowest BCUT2D eigenvalue weighted by atomic mass is 10.1. The lowest BCUT2D eigenvalue weighted by molar-refractivity contribution is 0.0691. The summed E-state index contributed by atoms with van der Waals surface area (Å²) in [6.07, 6.45) is 0. The van der Waals surface area contributed by atoms with Crippen molar-refractivity contribution >= 4 is 39.5 Å². The van der Waals surface area contributed by atoms with Gasteiger partial charge < -0.3 is 5.11 Å². The summed E-state index contributed by atoms with van der Waals surface area (Å²) in [5.74, 6) is -0.987. The number of rotatable bonds is 1. The van der Waals surface area contributed by atoms with E-state index in [0.29, 0.717) is 0 Å². The zero-order valence-corrected chi connectivity index (χ0v) is 10.1. The number of hydrogen-bond acceptors (Lipinski definition) is 2. The first kappa shape index (κ1) is 10.4. The average molecular weight is 313 g/mol. The molecule has 0 aliphatic heterocycles. The third-order valence-corrected chi connectivity index (χ3v) is 2.87. The highest BCUT2D eigenvalue weighted by Gasteiger charge is 2.08. The second-order valence-corrected chi connectivity index (χ2v) is 4.54. The molecule has 0 fully saturated rings. The summed E-state index contributed by atoms with van der Waals surface area (Å²) in [7, 11) is 0. The third-order valence-electron chi connectivity index (χ3n) is 2.20. The van der Waals surface area contributed by atoms with Crippen LogP contribution in [0, 0.1) is 10.5 Å². The average Bonchev–Trinajstić information content (AvgIpc) is 2.18. The molecule has 0 bridgehead atoms. The van der Waals surface area contributed by atoms with Crippen molar-refractivity contribution in [3.63, 3.8) is 0 Å². The fourth-order valence-corrected chi connectivity index (χ4v) is 1.97. The van der Waals surface area contributed by atoms with E-state index in [1.165, 1.54) is 0 Å². The first-order chi connectivity index (χ1) is 7.08. The highest BCUT2D eigenvalue weighted by molar-refractivity contribution is 14.1. The molecule has 4 heteroatoms. The van der Waals surface area contributed by atoms with Crippen LogP contribution in [0.25, 0.3) is 10.9 Å². The Labute approximate surface area is 100 Å². The number of aryl methyl sites for hydroxylation is 1. The molecule has 3 nitrogen and oxygen atoms in total. The van der Waals surface area contributed by atoms with Crippen LogP contribution < -0.4 is 0 Å². The second kappa shape index (κ2) is 3.77. The van der Waals surface area contributed by atoms with Crippen molar-refractivity contribution in [3.8, 4) is 0 Å². The van der Waals surface area contributed by atoms with E-state index in [0.717, 1.165) is 20.0 Å². The van der Waals surface area contributed by atoms with E-state index in [1.54, 1.807) is 6.07 Å². The van der Waals surface area contributed by atoms with E-state index in [-0.39, 0.29) is 5.69 Å². The zero-order chi connectivity index (χ0) is 11.0. The van der Waals surface area contributed by atoms with Crippen LogP contribution in [0.3, 0.4) is 0 Å². The molecule has 0 atom stereocenters. The highest BCUT2D eigenvalue weighted by atomic mass is 127. The minimum Gasteiger partial charge on any atom is -0.477 e. The van der Waals surface area contributed by atoms with Gasteiger partial charge in [0.25, 0.3) is 0 Å². The predicted molar refractivity (Wildman–Crippen MR) is 66.2 cm³/mol. The second-order valence-electron chi connectivity index (χ2n) is 3.29. The molecule has 0 aliphatic rings. The smallest absolute Gasteiger partial charge is 0.354 e. The van der Waals surface area contributed by atoms with Crippen LogP contribution in [0.4, 0.5) is 0 Å². The van der Waals surface area contributed by atoms with Gasteiger partial charge in [0.15, 0.2) is 0 Å². The quantitative estimate of drug-likeness (QED) is 0.824. The Morgan fingerprint density at radius 1 is 1.40 bits per heavy atom. The van der Waals surface area contributed by atoms with Crippen LogP contribution in [0.1, 0.15) is 16.1 Å². The van der Waals surface area contributed by atoms with Gasteiger partial charge in [-0.2, -0.15) is 0 Å². The number of carboxylic acids is 1. The van der Waals surface area contributed by atoms with E-state index in [9.17, 15) is 4.79 Å². The van der Waals surface area contributed by atoms with Crippen LogP contribution >= 0.6 is 22.6 Å². The van der Waals surface area contributed by atoms with Crippen LogP contribution in [0.15, 0.2) is 24.3 Å². The number of halogens is 1. The Kier molecular flexibility index (Phi) is 2.60. The Balaban J connectivity index is 2.78. The van der Waals surface area contributed by atoms with Gasteiger partial charge in [0.1, 0.15) is 5.69 Å². The van der Waals surface area contributed by atoms with Crippen molar-refractivity contribution in [2.45, 2.75) is 6.92 Å². The van der Waals surface area contributed by atoms with Crippen molar-refractivity contribution in [3.05, 3.63) is 39.1 Å². The lowest BCUT2D eigenvalue weighted by Gasteiger charge is -2.03. The van der Waals surface area contributed by atoms with Crippen LogP contribution in [0.2, 0.25) is 0 Å². The van der Waals surface area contributed by atoms with Gasteiger partial charge in [0.05, 0.1) is 5.52 Å². The number of pyridine rings is 1. The summed E-state index contributed by atoms with van der Waals surface area (Å²) >= 11 is 2.22. The Morgan fingerprint density at radius 2 is 2.13 bits per heavy atom. The number of fused-ring (bicyclic) bond motifs is 1. The van der Waals surface area contributed by atoms with Crippen molar-refractivity contribution in [1.29, 1.82) is 0 Å². The Bertz CT molecular complexity index is 552. The molecule has 0 aliphatic carbocycles. The number of nitrogens with zero attached hydrogens (tertiary/aromatic N) is 1. The molecule has 0 amide bonds. The molecule has 2 aromatic rings. The van der Waals surface area contributed by atoms with Gasteiger partial charge in [0.2, 0.25) is 0 Å². The molecule has 0 saturated heterocycles. The summed E-state index contributed by atoms with van der Waals surface area (Å²) < 4.78 is 1.12. The van der Waals surface area contributed by atoms with Gasteiger partial charge in [-0.05, 0) is 59.3 Å². The zero-order valence-electron chi connectivity index (χ0n) is 7.99. The summed E-state index contributed by atoms with van der Waals surface area (Å²) in [4.78, 5) is 14.9. The molecule has 0 unspecified atom stereocenters. The van der Waals surface area contributed by atoms with Crippen LogP contribution in [0.5, 0.6) is 0 Å². The van der Waals surface area contributed by atoms with E-state index >= 15 is 0 Å². The topological polar surface area (TPSA) is 50.2 Å². The fourth-order valence-electron chi connectivity index (χ4n) is 1.48. The minimum absolute atomic E-state index is 0.0983. The summed E-state index contributed by atoms with van der Waals surface area (Å²) in [6.45, 7) is 1.90. The molecule has 15 heavy (non-hydrogen) atoms. The molecule has 0 radical (unpaired) electrons. The summed E-state index contributed by atoms with van der Waals surface area (Å²) in [6, 6.07) is 7.36. The molecule has 76 valence electrons. The normalized spacial score (nSPS) is 10.5. The Morgan fingerprint density at radius 3 is 2.80 bits per heavy atom. The van der Waals surface area contributed by atoms with Gasteiger partial charge in [-0.15, -0.1) is 0 Å². The van der Waals surface area contributed by atoms with E-state index in [4.69, 9.17) is 5.11 Å². The number of aromatic carboxylic acids is 1. The maximum atomic E-state index is 10.8. The van der Waals surface area contributed by atoms with Gasteiger partial charge >= 0.3 is 5.97 Å². The van der Waals surface area contributed by atoms with Crippen molar-refractivity contribution in [2.75, 3.05) is 0 Å². The standard InChI is InChI=1S/C11H8INO2/c1-6-4-10(11(14)15)13-9-3-2-7(12)5-8(6)9/h2-5H,1H3,(H,14,15). The van der Waals surface area contributed by atoms with E-state index in [1.807, 2.05) is 25.1 Å². The predicted octanol–water partition coefficient (Wildman–Crippen LogP) is 2.85. The monoisotopic (exact) mass is 313 g/mol. The summed E-state index contributed by atoms with van der Waals surface area (Å²) in [5, 5.41) is 9.87.